The van der Waals surface area contributed by atoms with E-state index in [4.69, 9.17) is 5.11 Å². The van der Waals surface area contributed by atoms with E-state index in [0.29, 0.717) is 24.9 Å². The van der Waals surface area contributed by atoms with Gasteiger partial charge in [-0.25, -0.2) is 0 Å². The molecule has 0 spiro atoms. The van der Waals surface area contributed by atoms with Crippen molar-refractivity contribution in [1.82, 2.24) is 9.88 Å². The van der Waals surface area contributed by atoms with Gasteiger partial charge in [-0.15, -0.1) is 0 Å². The molecule has 5 nitrogen and oxygen atoms in total. The number of carboxylic acids is 1. The van der Waals surface area contributed by atoms with E-state index in [1.807, 2.05) is 37.4 Å². The van der Waals surface area contributed by atoms with E-state index in [1.165, 1.54) is 0 Å². The van der Waals surface area contributed by atoms with Crippen molar-refractivity contribution in [1.29, 1.82) is 0 Å². The highest BCUT2D eigenvalue weighted by Gasteiger charge is 2.32. The number of benzene rings is 1. The summed E-state index contributed by atoms with van der Waals surface area (Å²) in [6.07, 6.45) is 2.89. The summed E-state index contributed by atoms with van der Waals surface area (Å²) in [5, 5.41) is 10.2. The first kappa shape index (κ1) is 13.7. The third-order valence-electron chi connectivity index (χ3n) is 4.29. The number of rotatable bonds is 2. The van der Waals surface area contributed by atoms with E-state index in [9.17, 15) is 9.59 Å². The Morgan fingerprint density at radius 2 is 2.14 bits per heavy atom. The number of amides is 1. The van der Waals surface area contributed by atoms with Crippen molar-refractivity contribution in [3.63, 3.8) is 0 Å². The van der Waals surface area contributed by atoms with Crippen molar-refractivity contribution in [2.24, 2.45) is 5.92 Å². The van der Waals surface area contributed by atoms with Crippen molar-refractivity contribution in [2.45, 2.75) is 25.8 Å². The van der Waals surface area contributed by atoms with Crippen LogP contribution in [0.2, 0.25) is 0 Å². The molecule has 0 radical (unpaired) electrons. The molecule has 1 amide bonds. The molecule has 5 heteroatoms. The van der Waals surface area contributed by atoms with Gasteiger partial charge in [-0.05, 0) is 43.4 Å². The van der Waals surface area contributed by atoms with Crippen LogP contribution in [0, 0.1) is 5.92 Å². The average molecular weight is 286 g/mol. The largest absolute Gasteiger partial charge is 0.481 e. The van der Waals surface area contributed by atoms with Gasteiger partial charge in [0.1, 0.15) is 0 Å². The predicted octanol–water partition coefficient (Wildman–Crippen LogP) is 2.49. The minimum absolute atomic E-state index is 0.0251. The van der Waals surface area contributed by atoms with Gasteiger partial charge in [0.05, 0.1) is 5.92 Å². The molecule has 2 heterocycles. The molecular formula is C16H18N2O3. The number of fused-ring (bicyclic) bond motifs is 1. The van der Waals surface area contributed by atoms with E-state index in [0.717, 1.165) is 10.9 Å². The molecule has 0 saturated carbocycles. The number of nitrogens with one attached hydrogen (secondary N) is 1. The number of carbonyl (C=O) groups is 2. The van der Waals surface area contributed by atoms with Crippen LogP contribution >= 0.6 is 0 Å². The van der Waals surface area contributed by atoms with Gasteiger partial charge >= 0.3 is 5.97 Å². The summed E-state index contributed by atoms with van der Waals surface area (Å²) in [7, 11) is 0. The average Bonchev–Trinajstić information content (AvgIpc) is 2.93. The second-order valence-corrected chi connectivity index (χ2v) is 5.69. The Morgan fingerprint density at radius 1 is 1.33 bits per heavy atom. The molecule has 1 aromatic heterocycles. The number of aromatic nitrogens is 1. The first-order chi connectivity index (χ1) is 10.1. The van der Waals surface area contributed by atoms with E-state index >= 15 is 0 Å². The zero-order valence-corrected chi connectivity index (χ0v) is 11.9. The molecule has 0 bridgehead atoms. The summed E-state index contributed by atoms with van der Waals surface area (Å²) < 4.78 is 0. The van der Waals surface area contributed by atoms with Crippen molar-refractivity contribution >= 4 is 22.8 Å². The number of aromatic amines is 1. The third-order valence-corrected chi connectivity index (χ3v) is 4.29. The Morgan fingerprint density at radius 3 is 2.86 bits per heavy atom. The number of hydrogen-bond donors (Lipinski definition) is 2. The summed E-state index contributed by atoms with van der Waals surface area (Å²) in [6.45, 7) is 2.42. The summed E-state index contributed by atoms with van der Waals surface area (Å²) in [4.78, 5) is 28.6. The van der Waals surface area contributed by atoms with Crippen LogP contribution in [0.25, 0.3) is 10.9 Å². The maximum Gasteiger partial charge on any atom is 0.306 e. The fraction of sp³-hybridized carbons (Fsp3) is 0.375. The van der Waals surface area contributed by atoms with Gasteiger partial charge in [-0.1, -0.05) is 6.07 Å². The fourth-order valence-electron chi connectivity index (χ4n) is 3.04. The predicted molar refractivity (Wildman–Crippen MR) is 79.2 cm³/mol. The first-order valence-electron chi connectivity index (χ1n) is 7.17. The second-order valence-electron chi connectivity index (χ2n) is 5.69. The normalized spacial score (nSPS) is 22.4. The van der Waals surface area contributed by atoms with Gasteiger partial charge in [-0.2, -0.15) is 0 Å². The first-order valence-corrected chi connectivity index (χ1v) is 7.17. The monoisotopic (exact) mass is 286 g/mol. The maximum atomic E-state index is 12.6. The minimum Gasteiger partial charge on any atom is -0.481 e. The topological polar surface area (TPSA) is 73.4 Å². The van der Waals surface area contributed by atoms with Gasteiger partial charge < -0.3 is 15.0 Å². The lowest BCUT2D eigenvalue weighted by molar-refractivity contribution is -0.143. The van der Waals surface area contributed by atoms with Crippen LogP contribution in [0.1, 0.15) is 30.1 Å². The number of carbonyl (C=O) groups excluding carboxylic acids is 1. The van der Waals surface area contributed by atoms with Crippen LogP contribution in [-0.4, -0.2) is 39.5 Å². The Balaban J connectivity index is 1.80. The van der Waals surface area contributed by atoms with Gasteiger partial charge in [-0.3, -0.25) is 9.59 Å². The quantitative estimate of drug-likeness (QED) is 0.890. The maximum absolute atomic E-state index is 12.6. The van der Waals surface area contributed by atoms with E-state index in [-0.39, 0.29) is 17.9 Å². The van der Waals surface area contributed by atoms with Crippen LogP contribution < -0.4 is 0 Å². The Bertz CT molecular complexity index is 692. The number of likely N-dealkylation sites (tertiary alicyclic amines) is 1. The summed E-state index contributed by atoms with van der Waals surface area (Å²) in [5.41, 5.74) is 1.58. The van der Waals surface area contributed by atoms with E-state index < -0.39 is 5.97 Å². The number of hydrogen-bond acceptors (Lipinski definition) is 2. The molecule has 2 unspecified atom stereocenters. The standard InChI is InChI=1S/C16H18N2O3/c1-10-8-13(16(20)21)5-7-18(10)15(19)12-3-2-11-4-6-17-14(11)9-12/h2-4,6,9-10,13,17H,5,7-8H2,1H3,(H,20,21). The smallest absolute Gasteiger partial charge is 0.306 e. The molecule has 2 aromatic rings. The van der Waals surface area contributed by atoms with Crippen LogP contribution in [0.4, 0.5) is 0 Å². The number of aliphatic carboxylic acids is 1. The Hall–Kier alpha value is -2.30. The highest BCUT2D eigenvalue weighted by molar-refractivity contribution is 5.98. The molecule has 110 valence electrons. The summed E-state index contributed by atoms with van der Waals surface area (Å²) in [5.74, 6) is -1.13. The molecule has 2 N–H and O–H groups in total. The summed E-state index contributed by atoms with van der Waals surface area (Å²) in [6, 6.07) is 7.52. The highest BCUT2D eigenvalue weighted by Crippen LogP contribution is 2.25. The lowest BCUT2D eigenvalue weighted by Crippen LogP contribution is -2.46. The molecular weight excluding hydrogens is 268 g/mol. The van der Waals surface area contributed by atoms with Crippen molar-refractivity contribution in [3.8, 4) is 0 Å². The van der Waals surface area contributed by atoms with Crippen molar-refractivity contribution < 1.29 is 14.7 Å². The third kappa shape index (κ3) is 2.51. The van der Waals surface area contributed by atoms with Gasteiger partial charge in [0.2, 0.25) is 0 Å². The Kier molecular flexibility index (Phi) is 3.41. The molecule has 1 aliphatic heterocycles. The number of H-pyrrole nitrogens is 1. The SMILES string of the molecule is CC1CC(C(=O)O)CCN1C(=O)c1ccc2cc[nH]c2c1. The van der Waals surface area contributed by atoms with Crippen molar-refractivity contribution in [2.75, 3.05) is 6.54 Å². The molecule has 2 atom stereocenters. The molecule has 21 heavy (non-hydrogen) atoms. The number of piperidine rings is 1. The van der Waals surface area contributed by atoms with Gasteiger partial charge in [0.15, 0.2) is 0 Å². The molecule has 1 aromatic carbocycles. The van der Waals surface area contributed by atoms with Crippen LogP contribution in [0.15, 0.2) is 30.5 Å². The van der Waals surface area contributed by atoms with Crippen LogP contribution in [0.5, 0.6) is 0 Å². The Labute approximate surface area is 122 Å². The molecule has 1 fully saturated rings. The molecule has 1 saturated heterocycles. The van der Waals surface area contributed by atoms with E-state index in [2.05, 4.69) is 4.98 Å². The fourth-order valence-corrected chi connectivity index (χ4v) is 3.04. The zero-order chi connectivity index (χ0) is 15.0. The number of nitrogens with zero attached hydrogens (tertiary/aromatic N) is 1. The number of carboxylic acid groups (broad SMARTS) is 1. The lowest BCUT2D eigenvalue weighted by Gasteiger charge is -2.36. The van der Waals surface area contributed by atoms with E-state index in [1.54, 1.807) is 4.90 Å². The lowest BCUT2D eigenvalue weighted by atomic mass is 9.91. The van der Waals surface area contributed by atoms with Gasteiger partial charge in [0.25, 0.3) is 5.91 Å². The highest BCUT2D eigenvalue weighted by atomic mass is 16.4. The zero-order valence-electron chi connectivity index (χ0n) is 11.9. The molecule has 0 aliphatic carbocycles. The van der Waals surface area contributed by atoms with Crippen LogP contribution in [0.3, 0.4) is 0 Å². The molecule has 1 aliphatic rings. The second kappa shape index (κ2) is 5.24. The minimum atomic E-state index is -0.762. The summed E-state index contributed by atoms with van der Waals surface area (Å²) >= 11 is 0. The van der Waals surface area contributed by atoms with Crippen LogP contribution in [-0.2, 0) is 4.79 Å². The van der Waals surface area contributed by atoms with Gasteiger partial charge in [0, 0.05) is 29.9 Å². The van der Waals surface area contributed by atoms with Crippen molar-refractivity contribution in [3.05, 3.63) is 36.0 Å². The molecule has 3 rings (SSSR count).